The number of nitrogens with zero attached hydrogens (tertiary/aromatic N) is 5. The minimum atomic E-state index is 0.620. The Hall–Kier alpha value is -8.41. The SMILES string of the molecule is c1ccc(-c2nc(-c3ccccc3)nc(-c3ccc(-c4ccc(-n5c6ccccc6c6ccccc65)cc4)c(-c4ccc(-n5c6ccccc6c6ccccc65)cc4)c3)n2)cc1. The Balaban J connectivity index is 1.02. The molecule has 0 bridgehead atoms. The molecule has 12 rings (SSSR count). The molecule has 12 aromatic rings. The van der Waals surface area contributed by atoms with Crippen molar-refractivity contribution in [2.45, 2.75) is 0 Å². The normalized spacial score (nSPS) is 11.5. The fourth-order valence-corrected chi connectivity index (χ4v) is 9.09. The Morgan fingerprint density at radius 3 is 0.968 bits per heavy atom. The van der Waals surface area contributed by atoms with E-state index in [0.717, 1.165) is 50.3 Å². The Kier molecular flexibility index (Phi) is 8.42. The second-order valence-electron chi connectivity index (χ2n) is 15.6. The summed E-state index contributed by atoms with van der Waals surface area (Å²) in [5.41, 5.74) is 14.2. The van der Waals surface area contributed by atoms with Gasteiger partial charge in [0.2, 0.25) is 0 Å². The number of rotatable bonds is 7. The van der Waals surface area contributed by atoms with E-state index in [4.69, 9.17) is 15.0 Å². The third-order valence-corrected chi connectivity index (χ3v) is 12.0. The molecule has 0 N–H and O–H groups in total. The summed E-state index contributed by atoms with van der Waals surface area (Å²) in [6.07, 6.45) is 0. The summed E-state index contributed by atoms with van der Waals surface area (Å²) in [5.74, 6) is 1.89. The van der Waals surface area contributed by atoms with Crippen molar-refractivity contribution >= 4 is 43.6 Å². The summed E-state index contributed by atoms with van der Waals surface area (Å²) in [6, 6.07) is 79.4. The minimum Gasteiger partial charge on any atom is -0.309 e. The lowest BCUT2D eigenvalue weighted by atomic mass is 9.92. The lowest BCUT2D eigenvalue weighted by Crippen LogP contribution is -2.00. The van der Waals surface area contributed by atoms with Crippen LogP contribution >= 0.6 is 0 Å². The van der Waals surface area contributed by atoms with Crippen LogP contribution in [0.25, 0.3) is 111 Å². The monoisotopic (exact) mass is 791 g/mol. The molecule has 0 saturated heterocycles. The topological polar surface area (TPSA) is 48.5 Å². The second kappa shape index (κ2) is 14.7. The highest BCUT2D eigenvalue weighted by Crippen LogP contribution is 2.39. The third-order valence-electron chi connectivity index (χ3n) is 12.0. The van der Waals surface area contributed by atoms with Gasteiger partial charge >= 0.3 is 0 Å². The molecule has 5 heteroatoms. The summed E-state index contributed by atoms with van der Waals surface area (Å²) in [7, 11) is 0. The van der Waals surface area contributed by atoms with Gasteiger partial charge in [0.25, 0.3) is 0 Å². The lowest BCUT2D eigenvalue weighted by molar-refractivity contribution is 1.07. The zero-order chi connectivity index (χ0) is 41.0. The van der Waals surface area contributed by atoms with E-state index in [9.17, 15) is 0 Å². The molecule has 5 nitrogen and oxygen atoms in total. The highest BCUT2D eigenvalue weighted by atomic mass is 15.0. The molecule has 0 amide bonds. The number of aromatic nitrogens is 5. The van der Waals surface area contributed by atoms with Gasteiger partial charge in [-0.25, -0.2) is 15.0 Å². The van der Waals surface area contributed by atoms with Gasteiger partial charge in [0.1, 0.15) is 0 Å². The van der Waals surface area contributed by atoms with Crippen LogP contribution in [-0.2, 0) is 0 Å². The van der Waals surface area contributed by atoms with Crippen molar-refractivity contribution in [2.24, 2.45) is 0 Å². The fraction of sp³-hybridized carbons (Fsp3) is 0. The Labute approximate surface area is 358 Å². The van der Waals surface area contributed by atoms with Crippen LogP contribution in [0.1, 0.15) is 0 Å². The van der Waals surface area contributed by atoms with Crippen LogP contribution in [0.5, 0.6) is 0 Å². The first-order chi connectivity index (χ1) is 30.7. The molecule has 3 heterocycles. The minimum absolute atomic E-state index is 0.620. The maximum atomic E-state index is 5.10. The first-order valence-electron chi connectivity index (χ1n) is 20.9. The van der Waals surface area contributed by atoms with Crippen molar-refractivity contribution in [3.05, 3.63) is 224 Å². The van der Waals surface area contributed by atoms with Gasteiger partial charge in [-0.15, -0.1) is 0 Å². The molecule has 9 aromatic carbocycles. The molecule has 62 heavy (non-hydrogen) atoms. The predicted molar refractivity (Wildman–Crippen MR) is 256 cm³/mol. The summed E-state index contributed by atoms with van der Waals surface area (Å²) >= 11 is 0. The van der Waals surface area contributed by atoms with Crippen molar-refractivity contribution in [3.63, 3.8) is 0 Å². The fourth-order valence-electron chi connectivity index (χ4n) is 9.09. The molecule has 0 atom stereocenters. The Bertz CT molecular complexity index is 3440. The highest BCUT2D eigenvalue weighted by molar-refractivity contribution is 6.10. The molecular weight excluding hydrogens is 755 g/mol. The van der Waals surface area contributed by atoms with Gasteiger partial charge in [0, 0.05) is 49.6 Å². The standard InChI is InChI=1S/C57H37N5/c1-3-15-40(16-4-1)55-58-56(41-17-5-2-6-18-41)60-57(59-55)42-31-36-45(38-27-32-43(33-28-38)61-51-23-11-7-19-46(51)47-20-8-12-24-52(47)61)50(37-42)39-29-34-44(35-30-39)62-53-25-13-9-21-48(53)49-22-10-14-26-54(49)62/h1-37H. The van der Waals surface area contributed by atoms with E-state index in [0.29, 0.717) is 17.5 Å². The third kappa shape index (κ3) is 5.98. The maximum Gasteiger partial charge on any atom is 0.164 e. The van der Waals surface area contributed by atoms with Gasteiger partial charge in [0.05, 0.1) is 22.1 Å². The molecular formula is C57H37N5. The van der Waals surface area contributed by atoms with Crippen molar-refractivity contribution < 1.29 is 0 Å². The van der Waals surface area contributed by atoms with Gasteiger partial charge < -0.3 is 9.13 Å². The van der Waals surface area contributed by atoms with Crippen LogP contribution in [0.15, 0.2) is 224 Å². The van der Waals surface area contributed by atoms with Crippen molar-refractivity contribution in [2.75, 3.05) is 0 Å². The van der Waals surface area contributed by atoms with E-state index in [1.165, 1.54) is 43.6 Å². The molecule has 0 fully saturated rings. The van der Waals surface area contributed by atoms with Crippen LogP contribution in [0, 0.1) is 0 Å². The van der Waals surface area contributed by atoms with Crippen LogP contribution in [0.3, 0.4) is 0 Å². The summed E-state index contributed by atoms with van der Waals surface area (Å²) in [4.78, 5) is 15.2. The molecule has 0 unspecified atom stereocenters. The van der Waals surface area contributed by atoms with Crippen LogP contribution in [0.4, 0.5) is 0 Å². The molecule has 0 aliphatic rings. The highest BCUT2D eigenvalue weighted by Gasteiger charge is 2.18. The maximum absolute atomic E-state index is 5.10. The van der Waals surface area contributed by atoms with Gasteiger partial charge in [-0.1, -0.05) is 170 Å². The summed E-state index contributed by atoms with van der Waals surface area (Å²) < 4.78 is 4.72. The van der Waals surface area contributed by atoms with E-state index in [1.807, 2.05) is 60.7 Å². The van der Waals surface area contributed by atoms with Gasteiger partial charge in [0.15, 0.2) is 17.5 Å². The average Bonchev–Trinajstić information content (AvgIpc) is 3.87. The number of hydrogen-bond donors (Lipinski definition) is 0. The van der Waals surface area contributed by atoms with Gasteiger partial charge in [-0.2, -0.15) is 0 Å². The largest absolute Gasteiger partial charge is 0.309 e. The van der Waals surface area contributed by atoms with Crippen LogP contribution in [0.2, 0.25) is 0 Å². The molecule has 0 radical (unpaired) electrons. The van der Waals surface area contributed by atoms with E-state index in [1.54, 1.807) is 0 Å². The predicted octanol–water partition coefficient (Wildman–Crippen LogP) is 14.4. The van der Waals surface area contributed by atoms with E-state index >= 15 is 0 Å². The zero-order valence-corrected chi connectivity index (χ0v) is 33.6. The second-order valence-corrected chi connectivity index (χ2v) is 15.6. The van der Waals surface area contributed by atoms with Crippen molar-refractivity contribution in [1.82, 2.24) is 24.1 Å². The van der Waals surface area contributed by atoms with Gasteiger partial charge in [-0.05, 0) is 76.9 Å². The molecule has 0 saturated carbocycles. The van der Waals surface area contributed by atoms with Gasteiger partial charge in [-0.3, -0.25) is 0 Å². The average molecular weight is 792 g/mol. The lowest BCUT2D eigenvalue weighted by Gasteiger charge is -2.15. The summed E-state index contributed by atoms with van der Waals surface area (Å²) in [5, 5.41) is 4.99. The molecule has 0 aliphatic carbocycles. The van der Waals surface area contributed by atoms with Crippen molar-refractivity contribution in [3.8, 4) is 67.8 Å². The van der Waals surface area contributed by atoms with E-state index < -0.39 is 0 Å². The van der Waals surface area contributed by atoms with E-state index in [-0.39, 0.29) is 0 Å². The van der Waals surface area contributed by atoms with Crippen LogP contribution in [-0.4, -0.2) is 24.1 Å². The van der Waals surface area contributed by atoms with Crippen molar-refractivity contribution in [1.29, 1.82) is 0 Å². The van der Waals surface area contributed by atoms with E-state index in [2.05, 4.69) is 173 Å². The Morgan fingerprint density at radius 1 is 0.242 bits per heavy atom. The number of hydrogen-bond acceptors (Lipinski definition) is 3. The first-order valence-corrected chi connectivity index (χ1v) is 20.9. The zero-order valence-electron chi connectivity index (χ0n) is 33.6. The summed E-state index contributed by atoms with van der Waals surface area (Å²) in [6.45, 7) is 0. The van der Waals surface area contributed by atoms with Crippen LogP contribution < -0.4 is 0 Å². The molecule has 0 spiro atoms. The molecule has 3 aromatic heterocycles. The number of fused-ring (bicyclic) bond motifs is 6. The molecule has 290 valence electrons. The quantitative estimate of drug-likeness (QED) is 0.162. The smallest absolute Gasteiger partial charge is 0.164 e. The molecule has 0 aliphatic heterocycles. The first kappa shape index (κ1) is 35.5. The number of benzene rings is 9. The number of para-hydroxylation sites is 4. The Morgan fingerprint density at radius 2 is 0.565 bits per heavy atom.